The standard InChI is InChI=1S/C14H22N2O3S/c1-15-13-5-7-14(8-6-13)20(17,18)16(2)9-10-19-11-12-3-4-12/h5-8,12,15H,3-4,9-11H2,1-2H3. The number of hydrogen-bond donors (Lipinski definition) is 1. The Labute approximate surface area is 121 Å². The van der Waals surface area contributed by atoms with Crippen molar-refractivity contribution >= 4 is 15.7 Å². The molecule has 112 valence electrons. The van der Waals surface area contributed by atoms with Gasteiger partial charge in [-0.15, -0.1) is 0 Å². The predicted octanol–water partition coefficient (Wildman–Crippen LogP) is 1.78. The van der Waals surface area contributed by atoms with Crippen LogP contribution in [0.5, 0.6) is 0 Å². The van der Waals surface area contributed by atoms with Crippen molar-refractivity contribution in [1.29, 1.82) is 0 Å². The lowest BCUT2D eigenvalue weighted by Crippen LogP contribution is -2.30. The van der Waals surface area contributed by atoms with Crippen molar-refractivity contribution in [2.45, 2.75) is 17.7 Å². The fraction of sp³-hybridized carbons (Fsp3) is 0.571. The van der Waals surface area contributed by atoms with Gasteiger partial charge in [-0.25, -0.2) is 8.42 Å². The van der Waals surface area contributed by atoms with Crippen molar-refractivity contribution in [3.8, 4) is 0 Å². The van der Waals surface area contributed by atoms with Gasteiger partial charge in [0.2, 0.25) is 10.0 Å². The molecule has 0 aliphatic heterocycles. The molecule has 0 amide bonds. The van der Waals surface area contributed by atoms with Gasteiger partial charge in [0.1, 0.15) is 0 Å². The summed E-state index contributed by atoms with van der Waals surface area (Å²) in [6.45, 7) is 1.58. The molecule has 0 radical (unpaired) electrons. The second-order valence-corrected chi connectivity index (χ2v) is 7.16. The van der Waals surface area contributed by atoms with E-state index in [4.69, 9.17) is 4.74 Å². The minimum atomic E-state index is -3.42. The van der Waals surface area contributed by atoms with E-state index in [1.54, 1.807) is 38.4 Å². The van der Waals surface area contributed by atoms with E-state index in [2.05, 4.69) is 5.32 Å². The van der Waals surface area contributed by atoms with Gasteiger partial charge in [-0.05, 0) is 43.0 Å². The molecule has 0 spiro atoms. The van der Waals surface area contributed by atoms with Crippen molar-refractivity contribution < 1.29 is 13.2 Å². The number of likely N-dealkylation sites (N-methyl/N-ethyl adjacent to an activating group) is 1. The number of rotatable bonds is 8. The summed E-state index contributed by atoms with van der Waals surface area (Å²) < 4.78 is 31.5. The minimum absolute atomic E-state index is 0.307. The van der Waals surface area contributed by atoms with Crippen LogP contribution in [0.2, 0.25) is 0 Å². The Morgan fingerprint density at radius 1 is 1.30 bits per heavy atom. The van der Waals surface area contributed by atoms with E-state index in [0.717, 1.165) is 12.3 Å². The lowest BCUT2D eigenvalue weighted by Gasteiger charge is -2.17. The molecule has 1 aliphatic rings. The second-order valence-electron chi connectivity index (χ2n) is 5.12. The summed E-state index contributed by atoms with van der Waals surface area (Å²) >= 11 is 0. The lowest BCUT2D eigenvalue weighted by atomic mass is 10.3. The Kier molecular flexibility index (Phi) is 5.01. The topological polar surface area (TPSA) is 58.6 Å². The third-order valence-corrected chi connectivity index (χ3v) is 5.32. The molecule has 0 saturated heterocycles. The maximum Gasteiger partial charge on any atom is 0.242 e. The highest BCUT2D eigenvalue weighted by molar-refractivity contribution is 7.89. The Bertz CT molecular complexity index is 524. The molecule has 1 saturated carbocycles. The van der Waals surface area contributed by atoms with Crippen LogP contribution in [0.3, 0.4) is 0 Å². The summed E-state index contributed by atoms with van der Waals surface area (Å²) in [4.78, 5) is 0.307. The Hall–Kier alpha value is -1.11. The van der Waals surface area contributed by atoms with Gasteiger partial charge in [0.05, 0.1) is 11.5 Å². The molecule has 20 heavy (non-hydrogen) atoms. The molecule has 0 heterocycles. The first-order valence-corrected chi connectivity index (χ1v) is 8.30. The number of ether oxygens (including phenoxy) is 1. The fourth-order valence-corrected chi connectivity index (χ4v) is 2.98. The molecule has 0 unspecified atom stereocenters. The zero-order valence-electron chi connectivity index (χ0n) is 12.0. The third-order valence-electron chi connectivity index (χ3n) is 3.45. The largest absolute Gasteiger partial charge is 0.388 e. The summed E-state index contributed by atoms with van der Waals surface area (Å²) in [6, 6.07) is 6.74. The maximum absolute atomic E-state index is 12.3. The SMILES string of the molecule is CNc1ccc(S(=O)(=O)N(C)CCOCC2CC2)cc1. The molecule has 1 aromatic carbocycles. The summed E-state index contributed by atoms with van der Waals surface area (Å²) in [5.74, 6) is 0.700. The van der Waals surface area contributed by atoms with Gasteiger partial charge in [0.25, 0.3) is 0 Å². The van der Waals surface area contributed by atoms with Gasteiger partial charge in [-0.2, -0.15) is 4.31 Å². The molecule has 6 heteroatoms. The number of nitrogens with one attached hydrogen (secondary N) is 1. The molecular weight excluding hydrogens is 276 g/mol. The summed E-state index contributed by atoms with van der Waals surface area (Å²) in [5, 5.41) is 2.96. The van der Waals surface area contributed by atoms with Crippen LogP contribution in [0.15, 0.2) is 29.2 Å². The molecule has 1 aromatic rings. The molecule has 0 atom stereocenters. The number of benzene rings is 1. The summed E-state index contributed by atoms with van der Waals surface area (Å²) in [7, 11) is -0.0399. The van der Waals surface area contributed by atoms with Crippen LogP contribution in [0, 0.1) is 5.92 Å². The number of anilines is 1. The monoisotopic (exact) mass is 298 g/mol. The van der Waals surface area contributed by atoms with Gasteiger partial charge in [-0.3, -0.25) is 0 Å². The van der Waals surface area contributed by atoms with Crippen molar-refractivity contribution in [2.75, 3.05) is 39.2 Å². The van der Waals surface area contributed by atoms with Gasteiger partial charge in [0, 0.05) is 32.9 Å². The lowest BCUT2D eigenvalue weighted by molar-refractivity contribution is 0.117. The van der Waals surface area contributed by atoms with Gasteiger partial charge < -0.3 is 10.1 Å². The number of hydrogen-bond acceptors (Lipinski definition) is 4. The molecule has 0 bridgehead atoms. The van der Waals surface area contributed by atoms with Crippen LogP contribution in [-0.2, 0) is 14.8 Å². The average molecular weight is 298 g/mol. The van der Waals surface area contributed by atoms with Crippen LogP contribution < -0.4 is 5.32 Å². The predicted molar refractivity (Wildman–Crippen MR) is 79.3 cm³/mol. The summed E-state index contributed by atoms with van der Waals surface area (Å²) in [5.41, 5.74) is 0.888. The van der Waals surface area contributed by atoms with Crippen LogP contribution in [-0.4, -0.2) is 46.6 Å². The van der Waals surface area contributed by atoms with E-state index in [-0.39, 0.29) is 0 Å². The fourth-order valence-electron chi connectivity index (χ4n) is 1.82. The molecule has 2 rings (SSSR count). The van der Waals surface area contributed by atoms with E-state index in [0.29, 0.717) is 24.0 Å². The Morgan fingerprint density at radius 2 is 1.95 bits per heavy atom. The third kappa shape index (κ3) is 3.94. The van der Waals surface area contributed by atoms with Crippen LogP contribution in [0.25, 0.3) is 0 Å². The first-order chi connectivity index (χ1) is 9.54. The smallest absolute Gasteiger partial charge is 0.242 e. The average Bonchev–Trinajstić information content (AvgIpc) is 3.27. The zero-order chi connectivity index (χ0) is 14.6. The van der Waals surface area contributed by atoms with E-state index < -0.39 is 10.0 Å². The Balaban J connectivity index is 1.89. The van der Waals surface area contributed by atoms with Gasteiger partial charge >= 0.3 is 0 Å². The van der Waals surface area contributed by atoms with Crippen LogP contribution in [0.4, 0.5) is 5.69 Å². The van der Waals surface area contributed by atoms with E-state index in [1.165, 1.54) is 17.1 Å². The quantitative estimate of drug-likeness (QED) is 0.743. The Morgan fingerprint density at radius 3 is 2.50 bits per heavy atom. The molecule has 0 aromatic heterocycles. The van der Waals surface area contributed by atoms with Crippen molar-refractivity contribution in [3.05, 3.63) is 24.3 Å². The van der Waals surface area contributed by atoms with Crippen molar-refractivity contribution in [3.63, 3.8) is 0 Å². The van der Waals surface area contributed by atoms with Crippen LogP contribution in [0.1, 0.15) is 12.8 Å². The highest BCUT2D eigenvalue weighted by Crippen LogP contribution is 2.28. The zero-order valence-corrected chi connectivity index (χ0v) is 12.8. The van der Waals surface area contributed by atoms with Gasteiger partial charge in [0.15, 0.2) is 0 Å². The normalized spacial score (nSPS) is 15.6. The molecular formula is C14H22N2O3S. The molecule has 5 nitrogen and oxygen atoms in total. The van der Waals surface area contributed by atoms with E-state index in [9.17, 15) is 8.42 Å². The highest BCUT2D eigenvalue weighted by Gasteiger charge is 2.22. The minimum Gasteiger partial charge on any atom is -0.388 e. The first kappa shape index (κ1) is 15.3. The highest BCUT2D eigenvalue weighted by atomic mass is 32.2. The number of sulfonamides is 1. The maximum atomic E-state index is 12.3. The molecule has 1 aliphatic carbocycles. The van der Waals surface area contributed by atoms with Gasteiger partial charge in [-0.1, -0.05) is 0 Å². The van der Waals surface area contributed by atoms with Crippen LogP contribution >= 0.6 is 0 Å². The van der Waals surface area contributed by atoms with Crippen molar-refractivity contribution in [2.24, 2.45) is 5.92 Å². The second kappa shape index (κ2) is 6.56. The van der Waals surface area contributed by atoms with E-state index >= 15 is 0 Å². The van der Waals surface area contributed by atoms with Crippen molar-refractivity contribution in [1.82, 2.24) is 4.31 Å². The summed E-state index contributed by atoms with van der Waals surface area (Å²) in [6.07, 6.45) is 2.48. The van der Waals surface area contributed by atoms with E-state index in [1.807, 2.05) is 0 Å². The molecule has 1 fully saturated rings. The first-order valence-electron chi connectivity index (χ1n) is 6.86. The number of nitrogens with zero attached hydrogens (tertiary/aromatic N) is 1. The molecule has 1 N–H and O–H groups in total.